The highest BCUT2D eigenvalue weighted by molar-refractivity contribution is 5.98. The summed E-state index contributed by atoms with van der Waals surface area (Å²) in [4.78, 5) is 21.9. The zero-order valence-electron chi connectivity index (χ0n) is 8.27. The van der Waals surface area contributed by atoms with Gasteiger partial charge in [0.1, 0.15) is 17.1 Å². The first-order valence-corrected chi connectivity index (χ1v) is 4.12. The Bertz CT molecular complexity index is 422. The van der Waals surface area contributed by atoms with E-state index in [1.807, 2.05) is 0 Å². The van der Waals surface area contributed by atoms with E-state index in [-0.39, 0.29) is 22.4 Å². The number of phenols is 2. The van der Waals surface area contributed by atoms with Gasteiger partial charge in [0.05, 0.1) is 12.7 Å². The fourth-order valence-corrected chi connectivity index (χ4v) is 1.31. The number of aromatic hydroxyl groups is 2. The number of carbonyl (C=O) groups is 2. The van der Waals surface area contributed by atoms with Gasteiger partial charge in [0, 0.05) is 6.07 Å². The quantitative estimate of drug-likeness (QED) is 0.562. The molecule has 0 amide bonds. The number of methoxy groups -OCH3 is 1. The first kappa shape index (κ1) is 11.0. The topological polar surface area (TPSA) is 83.8 Å². The molecule has 2 N–H and O–H groups in total. The van der Waals surface area contributed by atoms with Crippen LogP contribution in [0.3, 0.4) is 0 Å². The maximum absolute atomic E-state index is 11.3. The molecule has 0 unspecified atom stereocenters. The lowest BCUT2D eigenvalue weighted by Crippen LogP contribution is -2.06. The predicted molar refractivity (Wildman–Crippen MR) is 51.2 cm³/mol. The van der Waals surface area contributed by atoms with Gasteiger partial charge < -0.3 is 14.9 Å². The molecule has 0 fully saturated rings. The normalized spacial score (nSPS) is 9.73. The third kappa shape index (κ3) is 1.76. The van der Waals surface area contributed by atoms with Crippen LogP contribution in [-0.4, -0.2) is 29.6 Å². The van der Waals surface area contributed by atoms with Gasteiger partial charge in [-0.25, -0.2) is 4.79 Å². The molecule has 0 radical (unpaired) electrons. The van der Waals surface area contributed by atoms with Crippen molar-refractivity contribution in [2.45, 2.75) is 6.92 Å². The summed E-state index contributed by atoms with van der Waals surface area (Å²) in [6.45, 7) is 1.44. The Morgan fingerprint density at radius 1 is 1.40 bits per heavy atom. The molecule has 0 atom stereocenters. The summed E-state index contributed by atoms with van der Waals surface area (Å²) in [6, 6.07) is 0.934. The average molecular weight is 210 g/mol. The van der Waals surface area contributed by atoms with Crippen LogP contribution >= 0.6 is 0 Å². The van der Waals surface area contributed by atoms with Crippen LogP contribution in [0.4, 0.5) is 0 Å². The maximum Gasteiger partial charge on any atom is 0.341 e. The lowest BCUT2D eigenvalue weighted by Gasteiger charge is -2.09. The van der Waals surface area contributed by atoms with Gasteiger partial charge in [-0.05, 0) is 12.5 Å². The second-order valence-electron chi connectivity index (χ2n) is 2.94. The highest BCUT2D eigenvalue weighted by Crippen LogP contribution is 2.31. The number of phenolic OH excluding ortho intramolecular Hbond substituents is 2. The van der Waals surface area contributed by atoms with Gasteiger partial charge in [0.25, 0.3) is 0 Å². The van der Waals surface area contributed by atoms with Gasteiger partial charge >= 0.3 is 5.97 Å². The summed E-state index contributed by atoms with van der Waals surface area (Å²) < 4.78 is 4.44. The second kappa shape index (κ2) is 4.00. The zero-order valence-corrected chi connectivity index (χ0v) is 8.27. The fraction of sp³-hybridized carbons (Fsp3) is 0.200. The van der Waals surface area contributed by atoms with E-state index in [9.17, 15) is 19.8 Å². The van der Waals surface area contributed by atoms with Crippen molar-refractivity contribution < 1.29 is 24.5 Å². The SMILES string of the molecule is COC(=O)c1c(O)cc(O)c(C=O)c1C. The second-order valence-corrected chi connectivity index (χ2v) is 2.94. The highest BCUT2D eigenvalue weighted by atomic mass is 16.5. The molecule has 0 aromatic heterocycles. The minimum Gasteiger partial charge on any atom is -0.507 e. The standard InChI is InChI=1S/C10H10O5/c1-5-6(4-11)7(12)3-8(13)9(5)10(14)15-2/h3-4,12-13H,1-2H3. The first-order valence-electron chi connectivity index (χ1n) is 4.12. The number of carbonyl (C=O) groups excluding carboxylic acids is 2. The highest BCUT2D eigenvalue weighted by Gasteiger charge is 2.20. The minimum absolute atomic E-state index is 0.0341. The van der Waals surface area contributed by atoms with Crippen molar-refractivity contribution in [3.05, 3.63) is 22.8 Å². The van der Waals surface area contributed by atoms with Crippen molar-refractivity contribution in [3.63, 3.8) is 0 Å². The largest absolute Gasteiger partial charge is 0.507 e. The van der Waals surface area contributed by atoms with Crippen molar-refractivity contribution in [1.29, 1.82) is 0 Å². The molecule has 0 aliphatic carbocycles. The number of aldehydes is 1. The predicted octanol–water partition coefficient (Wildman–Crippen LogP) is 1.01. The minimum atomic E-state index is -0.756. The molecule has 5 nitrogen and oxygen atoms in total. The summed E-state index contributed by atoms with van der Waals surface area (Å²) in [5.74, 6) is -1.54. The lowest BCUT2D eigenvalue weighted by atomic mass is 10.0. The van der Waals surface area contributed by atoms with Crippen LogP contribution in [0.1, 0.15) is 26.3 Å². The van der Waals surface area contributed by atoms with E-state index in [1.165, 1.54) is 6.92 Å². The monoisotopic (exact) mass is 210 g/mol. The number of rotatable bonds is 2. The molecule has 0 spiro atoms. The Labute approximate surface area is 85.9 Å². The van der Waals surface area contributed by atoms with E-state index in [0.29, 0.717) is 6.29 Å². The van der Waals surface area contributed by atoms with Crippen LogP contribution in [0.2, 0.25) is 0 Å². The number of esters is 1. The van der Waals surface area contributed by atoms with Crippen molar-refractivity contribution in [2.24, 2.45) is 0 Å². The molecule has 1 aromatic carbocycles. The molecular formula is C10H10O5. The Balaban J connectivity index is 3.52. The molecule has 80 valence electrons. The first-order chi connectivity index (χ1) is 7.02. The molecule has 1 rings (SSSR count). The Morgan fingerprint density at radius 2 is 2.00 bits per heavy atom. The molecule has 0 heterocycles. The van der Waals surface area contributed by atoms with E-state index in [2.05, 4.69) is 4.74 Å². The summed E-state index contributed by atoms with van der Waals surface area (Å²) in [7, 11) is 1.16. The van der Waals surface area contributed by atoms with E-state index < -0.39 is 11.7 Å². The van der Waals surface area contributed by atoms with Crippen LogP contribution in [0.25, 0.3) is 0 Å². The maximum atomic E-state index is 11.3. The Hall–Kier alpha value is -2.04. The van der Waals surface area contributed by atoms with Gasteiger partial charge in [-0.3, -0.25) is 4.79 Å². The van der Waals surface area contributed by atoms with Crippen molar-refractivity contribution in [2.75, 3.05) is 7.11 Å². The molecule has 0 saturated heterocycles. The fourth-order valence-electron chi connectivity index (χ4n) is 1.31. The molecule has 5 heteroatoms. The average Bonchev–Trinajstić information content (AvgIpc) is 2.17. The number of hydrogen-bond donors (Lipinski definition) is 2. The molecule has 0 saturated carbocycles. The van der Waals surface area contributed by atoms with Crippen molar-refractivity contribution in [1.82, 2.24) is 0 Å². The molecule has 1 aromatic rings. The van der Waals surface area contributed by atoms with Gasteiger partial charge in [0.15, 0.2) is 6.29 Å². The van der Waals surface area contributed by atoms with Gasteiger partial charge in [-0.15, -0.1) is 0 Å². The van der Waals surface area contributed by atoms with Crippen molar-refractivity contribution in [3.8, 4) is 11.5 Å². The van der Waals surface area contributed by atoms with Crippen LogP contribution in [0.5, 0.6) is 11.5 Å². The van der Waals surface area contributed by atoms with Gasteiger partial charge in [0.2, 0.25) is 0 Å². The summed E-state index contributed by atoms with van der Waals surface area (Å²) in [6.07, 6.45) is 0.413. The Morgan fingerprint density at radius 3 is 2.47 bits per heavy atom. The van der Waals surface area contributed by atoms with E-state index >= 15 is 0 Å². The van der Waals surface area contributed by atoms with E-state index in [4.69, 9.17) is 0 Å². The third-order valence-corrected chi connectivity index (χ3v) is 2.09. The van der Waals surface area contributed by atoms with Gasteiger partial charge in [-0.2, -0.15) is 0 Å². The molecular weight excluding hydrogens is 200 g/mol. The van der Waals surface area contributed by atoms with E-state index in [1.54, 1.807) is 0 Å². The molecule has 0 aliphatic rings. The molecule has 0 bridgehead atoms. The van der Waals surface area contributed by atoms with Crippen molar-refractivity contribution >= 4 is 12.3 Å². The lowest BCUT2D eigenvalue weighted by molar-refractivity contribution is 0.0596. The molecule has 15 heavy (non-hydrogen) atoms. The van der Waals surface area contributed by atoms with E-state index in [0.717, 1.165) is 13.2 Å². The van der Waals surface area contributed by atoms with Crippen LogP contribution in [0.15, 0.2) is 6.07 Å². The van der Waals surface area contributed by atoms with Gasteiger partial charge in [-0.1, -0.05) is 0 Å². The summed E-state index contributed by atoms with van der Waals surface area (Å²) in [5, 5.41) is 18.7. The zero-order chi connectivity index (χ0) is 11.6. The number of benzene rings is 1. The Kier molecular flexibility index (Phi) is 2.94. The summed E-state index contributed by atoms with van der Waals surface area (Å²) >= 11 is 0. The van der Waals surface area contributed by atoms with Crippen LogP contribution in [0, 0.1) is 6.92 Å². The summed E-state index contributed by atoms with van der Waals surface area (Å²) in [5.41, 5.74) is 0.0416. The van der Waals surface area contributed by atoms with Crippen LogP contribution < -0.4 is 0 Å². The third-order valence-electron chi connectivity index (χ3n) is 2.09. The molecule has 0 aliphatic heterocycles. The van der Waals surface area contributed by atoms with Crippen LogP contribution in [-0.2, 0) is 4.74 Å². The smallest absolute Gasteiger partial charge is 0.341 e. The number of ether oxygens (including phenoxy) is 1. The number of hydrogen-bond acceptors (Lipinski definition) is 5.